The Morgan fingerprint density at radius 1 is 0.962 bits per heavy atom. The number of benzene rings is 2. The van der Waals surface area contributed by atoms with Gasteiger partial charge in [0, 0.05) is 12.3 Å². The first-order valence-corrected chi connectivity index (χ1v) is 8.97. The Hall–Kier alpha value is -2.62. The smallest absolute Gasteiger partial charge is 0.312 e. The first-order chi connectivity index (χ1) is 12.3. The molecule has 0 aromatic heterocycles. The molecule has 0 radical (unpaired) electrons. The van der Waals surface area contributed by atoms with Crippen molar-refractivity contribution in [1.82, 2.24) is 5.32 Å². The zero-order valence-electron chi connectivity index (χ0n) is 15.4. The third-order valence-corrected chi connectivity index (χ3v) is 4.58. The van der Waals surface area contributed by atoms with Gasteiger partial charge in [-0.2, -0.15) is 0 Å². The molecular formula is C22H25NO3. The topological polar surface area (TPSA) is 55.4 Å². The van der Waals surface area contributed by atoms with E-state index in [9.17, 15) is 9.59 Å². The molecule has 1 saturated heterocycles. The second-order valence-electron chi connectivity index (χ2n) is 7.74. The average molecular weight is 351 g/mol. The summed E-state index contributed by atoms with van der Waals surface area (Å²) >= 11 is 0. The first kappa shape index (κ1) is 18.2. The number of carbonyl (C=O) groups is 2. The molecule has 26 heavy (non-hydrogen) atoms. The fourth-order valence-corrected chi connectivity index (χ4v) is 3.53. The molecule has 1 amide bonds. The van der Waals surface area contributed by atoms with Crippen LogP contribution in [0, 0.1) is 5.92 Å². The predicted octanol–water partition coefficient (Wildman–Crippen LogP) is 3.99. The van der Waals surface area contributed by atoms with Crippen molar-refractivity contribution >= 4 is 11.9 Å². The van der Waals surface area contributed by atoms with Gasteiger partial charge < -0.3 is 10.1 Å². The van der Waals surface area contributed by atoms with E-state index >= 15 is 0 Å². The maximum Gasteiger partial charge on any atom is 0.312 e. The van der Waals surface area contributed by atoms with E-state index in [4.69, 9.17) is 4.74 Å². The zero-order chi connectivity index (χ0) is 18.7. The summed E-state index contributed by atoms with van der Waals surface area (Å²) in [6.45, 7) is 5.59. The molecule has 136 valence electrons. The second-order valence-corrected chi connectivity index (χ2v) is 7.74. The van der Waals surface area contributed by atoms with Gasteiger partial charge in [0.25, 0.3) is 0 Å². The summed E-state index contributed by atoms with van der Waals surface area (Å²) in [6.07, 6.45) is 0.275. The number of carbonyl (C=O) groups excluding carboxylic acids is 2. The Bertz CT molecular complexity index is 713. The molecule has 0 bridgehead atoms. The van der Waals surface area contributed by atoms with Crippen LogP contribution in [0.3, 0.4) is 0 Å². The van der Waals surface area contributed by atoms with E-state index in [2.05, 4.69) is 5.32 Å². The van der Waals surface area contributed by atoms with Gasteiger partial charge in [-0.05, 0) is 31.9 Å². The van der Waals surface area contributed by atoms with Crippen molar-refractivity contribution in [2.45, 2.75) is 44.8 Å². The largest absolute Gasteiger partial charge is 0.460 e. The Labute approximate surface area is 154 Å². The molecule has 1 N–H and O–H groups in total. The van der Waals surface area contributed by atoms with E-state index in [1.165, 1.54) is 0 Å². The summed E-state index contributed by atoms with van der Waals surface area (Å²) in [5.41, 5.74) is 1.32. The molecule has 4 heteroatoms. The van der Waals surface area contributed by atoms with Gasteiger partial charge in [-0.1, -0.05) is 60.7 Å². The van der Waals surface area contributed by atoms with E-state index in [1.807, 2.05) is 81.4 Å². The number of rotatable bonds is 3. The van der Waals surface area contributed by atoms with Crippen LogP contribution in [0.25, 0.3) is 0 Å². The summed E-state index contributed by atoms with van der Waals surface area (Å²) < 4.78 is 5.73. The lowest BCUT2D eigenvalue weighted by atomic mass is 9.74. The number of ether oxygens (including phenoxy) is 1. The Balaban J connectivity index is 2.03. The van der Waals surface area contributed by atoms with Gasteiger partial charge in [0.1, 0.15) is 5.60 Å². The van der Waals surface area contributed by atoms with Gasteiger partial charge in [-0.15, -0.1) is 0 Å². The fraction of sp³-hybridized carbons (Fsp3) is 0.364. The lowest BCUT2D eigenvalue weighted by Crippen LogP contribution is -2.47. The minimum absolute atomic E-state index is 0.0486. The summed E-state index contributed by atoms with van der Waals surface area (Å²) in [4.78, 5) is 25.5. The number of hydrogen-bond acceptors (Lipinski definition) is 3. The van der Waals surface area contributed by atoms with Crippen LogP contribution in [0.4, 0.5) is 0 Å². The molecule has 0 aliphatic carbocycles. The van der Waals surface area contributed by atoms with Crippen molar-refractivity contribution in [3.8, 4) is 0 Å². The van der Waals surface area contributed by atoms with Crippen LogP contribution in [-0.4, -0.2) is 17.5 Å². The zero-order valence-corrected chi connectivity index (χ0v) is 15.4. The Kier molecular flexibility index (Phi) is 5.12. The quantitative estimate of drug-likeness (QED) is 0.851. The van der Waals surface area contributed by atoms with E-state index in [0.29, 0.717) is 0 Å². The standard InChI is InChI=1S/C22H25NO3/c1-22(2,3)26-21(25)19-17(15-10-6-4-7-11-15)14-18(24)23-20(19)16-12-8-5-9-13-16/h4-13,17,19-20H,14H2,1-3H3,(H,23,24)/t17-,19-,20-/m1/s1. The molecule has 2 aromatic carbocycles. The molecular weight excluding hydrogens is 326 g/mol. The third kappa shape index (κ3) is 4.13. The second kappa shape index (κ2) is 7.32. The minimum Gasteiger partial charge on any atom is -0.460 e. The van der Waals surface area contributed by atoms with E-state index in [1.54, 1.807) is 0 Å². The van der Waals surface area contributed by atoms with Gasteiger partial charge >= 0.3 is 5.97 Å². The molecule has 1 aliphatic rings. The average Bonchev–Trinajstić information content (AvgIpc) is 2.61. The van der Waals surface area contributed by atoms with E-state index in [0.717, 1.165) is 11.1 Å². The molecule has 1 aliphatic heterocycles. The molecule has 1 fully saturated rings. The fourth-order valence-electron chi connectivity index (χ4n) is 3.53. The first-order valence-electron chi connectivity index (χ1n) is 8.97. The van der Waals surface area contributed by atoms with Crippen LogP contribution in [0.1, 0.15) is 50.3 Å². The van der Waals surface area contributed by atoms with E-state index < -0.39 is 17.6 Å². The third-order valence-electron chi connectivity index (χ3n) is 4.58. The summed E-state index contributed by atoms with van der Waals surface area (Å²) in [7, 11) is 0. The van der Waals surface area contributed by atoms with Crippen molar-refractivity contribution in [2.75, 3.05) is 0 Å². The lowest BCUT2D eigenvalue weighted by Gasteiger charge is -2.38. The minimum atomic E-state index is -0.582. The van der Waals surface area contributed by atoms with Crippen LogP contribution in [0.5, 0.6) is 0 Å². The molecule has 4 nitrogen and oxygen atoms in total. The summed E-state index contributed by atoms with van der Waals surface area (Å²) in [6, 6.07) is 19.0. The van der Waals surface area contributed by atoms with Crippen LogP contribution >= 0.6 is 0 Å². The highest BCUT2D eigenvalue weighted by molar-refractivity contribution is 5.84. The number of piperidine rings is 1. The molecule has 2 aromatic rings. The van der Waals surface area contributed by atoms with Gasteiger partial charge in [-0.3, -0.25) is 9.59 Å². The van der Waals surface area contributed by atoms with Crippen molar-refractivity contribution in [1.29, 1.82) is 0 Å². The highest BCUT2D eigenvalue weighted by atomic mass is 16.6. The summed E-state index contributed by atoms with van der Waals surface area (Å²) in [5.74, 6) is -1.02. The van der Waals surface area contributed by atoms with Crippen LogP contribution < -0.4 is 5.32 Å². The normalized spacial score (nSPS) is 23.2. The number of nitrogens with one attached hydrogen (secondary N) is 1. The van der Waals surface area contributed by atoms with Gasteiger partial charge in [0.05, 0.1) is 12.0 Å². The Morgan fingerprint density at radius 3 is 2.04 bits per heavy atom. The van der Waals surface area contributed by atoms with Crippen LogP contribution in [-0.2, 0) is 14.3 Å². The van der Waals surface area contributed by atoms with E-state index in [-0.39, 0.29) is 24.2 Å². The SMILES string of the molecule is CC(C)(C)OC(=O)[C@@H]1[C@@H](c2ccccc2)CC(=O)N[C@@H]1c1ccccc1. The highest BCUT2D eigenvalue weighted by Crippen LogP contribution is 2.41. The predicted molar refractivity (Wildman–Crippen MR) is 100 cm³/mol. The number of amides is 1. The van der Waals surface area contributed by atoms with Crippen LogP contribution in [0.2, 0.25) is 0 Å². The monoisotopic (exact) mass is 351 g/mol. The maximum absolute atomic E-state index is 13.1. The maximum atomic E-state index is 13.1. The molecule has 1 heterocycles. The van der Waals surface area contributed by atoms with Crippen molar-refractivity contribution in [3.05, 3.63) is 71.8 Å². The summed E-state index contributed by atoms with van der Waals surface area (Å²) in [5, 5.41) is 3.01. The highest BCUT2D eigenvalue weighted by Gasteiger charge is 2.44. The molecule has 0 unspecified atom stereocenters. The van der Waals surface area contributed by atoms with Gasteiger partial charge in [-0.25, -0.2) is 0 Å². The Morgan fingerprint density at radius 2 is 1.50 bits per heavy atom. The number of hydrogen-bond donors (Lipinski definition) is 1. The molecule has 0 saturated carbocycles. The van der Waals surface area contributed by atoms with Crippen molar-refractivity contribution in [3.63, 3.8) is 0 Å². The van der Waals surface area contributed by atoms with Crippen molar-refractivity contribution < 1.29 is 14.3 Å². The number of esters is 1. The lowest BCUT2D eigenvalue weighted by molar-refractivity contribution is -0.163. The van der Waals surface area contributed by atoms with Gasteiger partial charge in [0.2, 0.25) is 5.91 Å². The molecule has 3 atom stereocenters. The molecule has 0 spiro atoms. The van der Waals surface area contributed by atoms with Gasteiger partial charge in [0.15, 0.2) is 0 Å². The van der Waals surface area contributed by atoms with Crippen LogP contribution in [0.15, 0.2) is 60.7 Å². The van der Waals surface area contributed by atoms with Crippen molar-refractivity contribution in [2.24, 2.45) is 5.92 Å². The molecule has 3 rings (SSSR count).